The minimum Gasteiger partial charge on any atom is -0.285 e. The van der Waals surface area contributed by atoms with Crippen molar-refractivity contribution in [3.63, 3.8) is 0 Å². The van der Waals surface area contributed by atoms with Gasteiger partial charge in [-0.2, -0.15) is 0 Å². The van der Waals surface area contributed by atoms with Gasteiger partial charge in [-0.3, -0.25) is 14.5 Å². The number of carbonyl (C=O) groups is 2. The van der Waals surface area contributed by atoms with Gasteiger partial charge >= 0.3 is 0 Å². The fraction of sp³-hybridized carbons (Fsp3) is 0.667. The summed E-state index contributed by atoms with van der Waals surface area (Å²) >= 11 is 0. The van der Waals surface area contributed by atoms with E-state index in [1.807, 2.05) is 13.0 Å². The van der Waals surface area contributed by atoms with Gasteiger partial charge in [0.05, 0.1) is 24.1 Å². The molecule has 19 heavy (non-hydrogen) atoms. The van der Waals surface area contributed by atoms with Gasteiger partial charge in [0.1, 0.15) is 0 Å². The summed E-state index contributed by atoms with van der Waals surface area (Å²) in [6.45, 7) is 3.66. The molecule has 1 aliphatic heterocycles. The molecule has 1 fully saturated rings. The van der Waals surface area contributed by atoms with E-state index >= 15 is 0 Å². The molecule has 106 valence electrons. The van der Waals surface area contributed by atoms with Crippen molar-refractivity contribution >= 4 is 21.8 Å². The number of imide groups is 1. The van der Waals surface area contributed by atoms with E-state index in [2.05, 4.69) is 4.72 Å². The molecule has 1 aliphatic carbocycles. The smallest absolute Gasteiger partial charge is 0.234 e. The molecule has 0 unspecified atom stereocenters. The number of rotatable bonds is 2. The first kappa shape index (κ1) is 14.2. The highest BCUT2D eigenvalue weighted by Crippen LogP contribution is 2.40. The fourth-order valence-corrected chi connectivity index (χ4v) is 3.86. The van der Waals surface area contributed by atoms with Gasteiger partial charge in [0.15, 0.2) is 0 Å². The van der Waals surface area contributed by atoms with Crippen LogP contribution in [0.1, 0.15) is 13.8 Å². The average molecular weight is 286 g/mol. The molecular weight excluding hydrogens is 268 g/mol. The van der Waals surface area contributed by atoms with E-state index in [0.717, 1.165) is 16.7 Å². The number of fused-ring (bicyclic) bond motifs is 1. The van der Waals surface area contributed by atoms with Gasteiger partial charge in [-0.05, 0) is 12.8 Å². The quantitative estimate of drug-likeness (QED) is 0.559. The summed E-state index contributed by atoms with van der Waals surface area (Å²) in [4.78, 5) is 25.4. The van der Waals surface area contributed by atoms with Crippen LogP contribution in [0, 0.1) is 17.8 Å². The summed E-state index contributed by atoms with van der Waals surface area (Å²) < 4.78 is 25.3. The normalized spacial score (nSPS) is 35.4. The van der Waals surface area contributed by atoms with Gasteiger partial charge in [-0.25, -0.2) is 13.1 Å². The molecule has 1 heterocycles. The molecule has 0 spiro atoms. The molecule has 1 saturated heterocycles. The number of likely N-dealkylation sites (tertiary alicyclic amines) is 1. The van der Waals surface area contributed by atoms with Crippen LogP contribution in [0.25, 0.3) is 0 Å². The highest BCUT2D eigenvalue weighted by Gasteiger charge is 2.53. The van der Waals surface area contributed by atoms with Crippen LogP contribution in [-0.2, 0) is 19.6 Å². The minimum atomic E-state index is -3.44. The molecule has 0 saturated carbocycles. The number of carbonyl (C=O) groups excluding carboxylic acids is 2. The highest BCUT2D eigenvalue weighted by atomic mass is 32.2. The van der Waals surface area contributed by atoms with Crippen molar-refractivity contribution in [1.29, 1.82) is 0 Å². The van der Waals surface area contributed by atoms with E-state index < -0.39 is 27.9 Å². The maximum Gasteiger partial charge on any atom is 0.234 e. The Labute approximate surface area is 112 Å². The predicted molar refractivity (Wildman–Crippen MR) is 69.4 cm³/mol. The zero-order chi connectivity index (χ0) is 14.5. The van der Waals surface area contributed by atoms with Crippen molar-refractivity contribution in [3.05, 3.63) is 11.6 Å². The van der Waals surface area contributed by atoms with Gasteiger partial charge in [-0.1, -0.05) is 18.6 Å². The van der Waals surface area contributed by atoms with Crippen LogP contribution < -0.4 is 4.72 Å². The number of allylic oxidation sites excluding steroid dienone is 1. The predicted octanol–water partition coefficient (Wildman–Crippen LogP) is -0.269. The Kier molecular flexibility index (Phi) is 3.30. The zero-order valence-electron chi connectivity index (χ0n) is 11.4. The van der Waals surface area contributed by atoms with Gasteiger partial charge in [0.25, 0.3) is 0 Å². The topological polar surface area (TPSA) is 83.6 Å². The van der Waals surface area contributed by atoms with E-state index in [4.69, 9.17) is 0 Å². The van der Waals surface area contributed by atoms with Gasteiger partial charge in [0.2, 0.25) is 21.8 Å². The molecule has 2 rings (SSSR count). The maximum absolute atomic E-state index is 12.2. The van der Waals surface area contributed by atoms with Crippen molar-refractivity contribution in [1.82, 2.24) is 9.62 Å². The van der Waals surface area contributed by atoms with Gasteiger partial charge in [-0.15, -0.1) is 0 Å². The van der Waals surface area contributed by atoms with Crippen LogP contribution in [0.3, 0.4) is 0 Å². The number of nitrogens with one attached hydrogen (secondary N) is 1. The molecule has 2 aliphatic rings. The van der Waals surface area contributed by atoms with E-state index in [-0.39, 0.29) is 17.7 Å². The zero-order valence-corrected chi connectivity index (χ0v) is 12.2. The lowest BCUT2D eigenvalue weighted by Crippen LogP contribution is -2.48. The van der Waals surface area contributed by atoms with Crippen molar-refractivity contribution in [2.75, 3.05) is 13.3 Å². The van der Waals surface area contributed by atoms with Crippen LogP contribution >= 0.6 is 0 Å². The molecule has 4 atom stereocenters. The Morgan fingerprint density at radius 3 is 2.26 bits per heavy atom. The number of amides is 2. The Hall–Kier alpha value is -1.21. The third kappa shape index (κ3) is 2.32. The first-order valence-corrected chi connectivity index (χ1v) is 7.99. The Morgan fingerprint density at radius 1 is 1.21 bits per heavy atom. The van der Waals surface area contributed by atoms with E-state index in [1.54, 1.807) is 6.92 Å². The highest BCUT2D eigenvalue weighted by molar-refractivity contribution is 7.88. The maximum atomic E-state index is 12.2. The molecule has 7 heteroatoms. The summed E-state index contributed by atoms with van der Waals surface area (Å²) in [6.07, 6.45) is 2.92. The third-order valence-corrected chi connectivity index (χ3v) is 4.58. The summed E-state index contributed by atoms with van der Waals surface area (Å²) in [6, 6.07) is -0.627. The molecule has 0 aromatic rings. The second-order valence-electron chi connectivity index (χ2n) is 5.42. The number of nitrogens with zero attached hydrogens (tertiary/aromatic N) is 1. The van der Waals surface area contributed by atoms with E-state index in [9.17, 15) is 18.0 Å². The van der Waals surface area contributed by atoms with Crippen LogP contribution in [0.15, 0.2) is 11.6 Å². The standard InChI is InChI=1S/C12H18N2O4S/c1-6-5-7(2)10(13-19(4,17)18)9-8(6)11(15)14(3)12(9)16/h5-6,8-10,13H,1-4H3/t6-,8-,9-,10+/m0/s1. The Bertz CT molecular complexity index is 566. The van der Waals surface area contributed by atoms with E-state index in [1.165, 1.54) is 7.05 Å². The summed E-state index contributed by atoms with van der Waals surface area (Å²) in [5.41, 5.74) is 0.788. The van der Waals surface area contributed by atoms with Crippen LogP contribution in [0.2, 0.25) is 0 Å². The molecule has 0 radical (unpaired) electrons. The van der Waals surface area contributed by atoms with Crippen LogP contribution in [0.4, 0.5) is 0 Å². The largest absolute Gasteiger partial charge is 0.285 e. The van der Waals surface area contributed by atoms with Crippen molar-refractivity contribution < 1.29 is 18.0 Å². The minimum absolute atomic E-state index is 0.0657. The molecule has 0 aromatic carbocycles. The van der Waals surface area contributed by atoms with Crippen molar-refractivity contribution in [2.24, 2.45) is 17.8 Å². The van der Waals surface area contributed by atoms with Crippen molar-refractivity contribution in [2.45, 2.75) is 19.9 Å². The lowest BCUT2D eigenvalue weighted by Gasteiger charge is -2.33. The SMILES string of the molecule is CC1=C[C@H](C)[C@@H]2C(=O)N(C)C(=O)[C@@H]2[C@@H]1NS(C)(=O)=O. The molecular formula is C12H18N2O4S. The second kappa shape index (κ2) is 4.42. The average Bonchev–Trinajstić information content (AvgIpc) is 2.48. The summed E-state index contributed by atoms with van der Waals surface area (Å²) in [5.74, 6) is -1.71. The molecule has 2 amide bonds. The second-order valence-corrected chi connectivity index (χ2v) is 7.20. The third-order valence-electron chi connectivity index (χ3n) is 3.90. The van der Waals surface area contributed by atoms with Gasteiger partial charge < -0.3 is 0 Å². The molecule has 6 nitrogen and oxygen atoms in total. The summed E-state index contributed by atoms with van der Waals surface area (Å²) in [5, 5.41) is 0. The van der Waals surface area contributed by atoms with E-state index in [0.29, 0.717) is 0 Å². The number of hydrogen-bond donors (Lipinski definition) is 1. The first-order valence-electron chi connectivity index (χ1n) is 6.10. The molecule has 0 aromatic heterocycles. The lowest BCUT2D eigenvalue weighted by molar-refractivity contribution is -0.138. The lowest BCUT2D eigenvalue weighted by atomic mass is 9.73. The van der Waals surface area contributed by atoms with Crippen molar-refractivity contribution in [3.8, 4) is 0 Å². The summed E-state index contributed by atoms with van der Waals surface area (Å²) in [7, 11) is -2.00. The number of hydrogen-bond acceptors (Lipinski definition) is 4. The molecule has 0 bridgehead atoms. The first-order chi connectivity index (χ1) is 8.63. The van der Waals surface area contributed by atoms with Gasteiger partial charge in [0, 0.05) is 7.05 Å². The Morgan fingerprint density at radius 2 is 1.74 bits per heavy atom. The number of sulfonamides is 1. The fourth-order valence-electron chi connectivity index (χ4n) is 3.07. The van der Waals surface area contributed by atoms with Crippen LogP contribution in [0.5, 0.6) is 0 Å². The molecule has 1 N–H and O–H groups in total. The monoisotopic (exact) mass is 286 g/mol. The van der Waals surface area contributed by atoms with Crippen LogP contribution in [-0.4, -0.2) is 44.5 Å². The Balaban J connectivity index is 2.46.